The molecule has 4 heteroatoms. The second-order valence-electron chi connectivity index (χ2n) is 4.16. The van der Waals surface area contributed by atoms with E-state index in [2.05, 4.69) is 17.2 Å². The lowest BCUT2D eigenvalue weighted by atomic mass is 10.1. The van der Waals surface area contributed by atoms with Gasteiger partial charge in [-0.25, -0.2) is 4.98 Å². The molecular weight excluding hydrogens is 228 g/mol. The Kier molecular flexibility index (Phi) is 3.46. The van der Waals surface area contributed by atoms with Gasteiger partial charge in [0.05, 0.1) is 6.20 Å². The van der Waals surface area contributed by atoms with Gasteiger partial charge in [-0.15, -0.1) is 0 Å². The van der Waals surface area contributed by atoms with Crippen LogP contribution in [0.25, 0.3) is 0 Å². The van der Waals surface area contributed by atoms with Crippen molar-refractivity contribution in [1.82, 2.24) is 4.98 Å². The SMILES string of the molecule is CCc1cccc(C)c1NC(=O)c1cnc(C)o1. The largest absolute Gasteiger partial charge is 0.436 e. The molecule has 94 valence electrons. The highest BCUT2D eigenvalue weighted by atomic mass is 16.4. The number of benzene rings is 1. The van der Waals surface area contributed by atoms with Crippen LogP contribution in [0, 0.1) is 13.8 Å². The number of hydrogen-bond acceptors (Lipinski definition) is 3. The lowest BCUT2D eigenvalue weighted by Gasteiger charge is -2.11. The number of carbonyl (C=O) groups is 1. The fourth-order valence-corrected chi connectivity index (χ4v) is 1.84. The van der Waals surface area contributed by atoms with Gasteiger partial charge in [0.25, 0.3) is 5.91 Å². The molecule has 2 rings (SSSR count). The summed E-state index contributed by atoms with van der Waals surface area (Å²) >= 11 is 0. The number of rotatable bonds is 3. The summed E-state index contributed by atoms with van der Waals surface area (Å²) in [4.78, 5) is 15.9. The Hall–Kier alpha value is -2.10. The van der Waals surface area contributed by atoms with Gasteiger partial charge < -0.3 is 9.73 Å². The quantitative estimate of drug-likeness (QED) is 0.902. The second-order valence-corrected chi connectivity index (χ2v) is 4.16. The highest BCUT2D eigenvalue weighted by Gasteiger charge is 2.14. The van der Waals surface area contributed by atoms with E-state index in [1.807, 2.05) is 25.1 Å². The molecular formula is C14H16N2O2. The zero-order valence-corrected chi connectivity index (χ0v) is 10.8. The molecule has 0 atom stereocenters. The Morgan fingerprint density at radius 3 is 2.78 bits per heavy atom. The Morgan fingerprint density at radius 1 is 1.39 bits per heavy atom. The maximum atomic E-state index is 12.0. The third kappa shape index (κ3) is 2.42. The molecule has 1 aromatic heterocycles. The number of carbonyl (C=O) groups excluding carboxylic acids is 1. The minimum atomic E-state index is -0.264. The normalized spacial score (nSPS) is 10.4. The van der Waals surface area contributed by atoms with Crippen LogP contribution in [0.3, 0.4) is 0 Å². The fourth-order valence-electron chi connectivity index (χ4n) is 1.84. The van der Waals surface area contributed by atoms with Crippen LogP contribution in [0.1, 0.15) is 34.5 Å². The molecule has 0 fully saturated rings. The zero-order valence-electron chi connectivity index (χ0n) is 10.8. The molecule has 0 unspecified atom stereocenters. The van der Waals surface area contributed by atoms with Crippen LogP contribution in [-0.4, -0.2) is 10.9 Å². The van der Waals surface area contributed by atoms with E-state index in [-0.39, 0.29) is 11.7 Å². The second kappa shape index (κ2) is 5.04. The summed E-state index contributed by atoms with van der Waals surface area (Å²) in [7, 11) is 0. The predicted octanol–water partition coefficient (Wildman–Crippen LogP) is 3.11. The summed E-state index contributed by atoms with van der Waals surface area (Å²) in [6.45, 7) is 5.74. The third-order valence-electron chi connectivity index (χ3n) is 2.82. The number of aryl methyl sites for hydroxylation is 3. The van der Waals surface area contributed by atoms with E-state index >= 15 is 0 Å². The molecule has 1 heterocycles. The van der Waals surface area contributed by atoms with Gasteiger partial charge in [0.1, 0.15) is 0 Å². The van der Waals surface area contributed by atoms with Crippen molar-refractivity contribution in [3.63, 3.8) is 0 Å². The first-order valence-corrected chi connectivity index (χ1v) is 5.94. The molecule has 1 amide bonds. The molecule has 0 radical (unpaired) electrons. The Bertz CT molecular complexity index is 573. The summed E-state index contributed by atoms with van der Waals surface area (Å²) in [6, 6.07) is 5.97. The lowest BCUT2D eigenvalue weighted by Crippen LogP contribution is -2.13. The van der Waals surface area contributed by atoms with Crippen molar-refractivity contribution in [2.45, 2.75) is 27.2 Å². The first kappa shape index (κ1) is 12.4. The van der Waals surface area contributed by atoms with Gasteiger partial charge in [0, 0.05) is 12.6 Å². The van der Waals surface area contributed by atoms with Crippen molar-refractivity contribution >= 4 is 11.6 Å². The van der Waals surface area contributed by atoms with Crippen LogP contribution < -0.4 is 5.32 Å². The van der Waals surface area contributed by atoms with Gasteiger partial charge in [-0.3, -0.25) is 4.79 Å². The molecule has 0 saturated carbocycles. The highest BCUT2D eigenvalue weighted by Crippen LogP contribution is 2.21. The van der Waals surface area contributed by atoms with Crippen molar-refractivity contribution in [3.05, 3.63) is 47.2 Å². The van der Waals surface area contributed by atoms with Crippen LogP contribution in [0.5, 0.6) is 0 Å². The molecule has 0 saturated heterocycles. The van der Waals surface area contributed by atoms with Gasteiger partial charge in [-0.2, -0.15) is 0 Å². The van der Waals surface area contributed by atoms with Crippen LogP contribution in [0.2, 0.25) is 0 Å². The molecule has 0 spiro atoms. The van der Waals surface area contributed by atoms with Crippen LogP contribution in [-0.2, 0) is 6.42 Å². The summed E-state index contributed by atoms with van der Waals surface area (Å²) in [5.74, 6) is 0.457. The molecule has 0 bridgehead atoms. The van der Waals surface area contributed by atoms with E-state index < -0.39 is 0 Å². The minimum absolute atomic E-state index is 0.234. The topological polar surface area (TPSA) is 55.1 Å². The molecule has 1 aromatic carbocycles. The van der Waals surface area contributed by atoms with Crippen LogP contribution in [0.4, 0.5) is 5.69 Å². The van der Waals surface area contributed by atoms with Crippen molar-refractivity contribution in [2.75, 3.05) is 5.32 Å². The maximum absolute atomic E-state index is 12.0. The van der Waals surface area contributed by atoms with E-state index in [0.717, 1.165) is 23.2 Å². The third-order valence-corrected chi connectivity index (χ3v) is 2.82. The monoisotopic (exact) mass is 244 g/mol. The summed E-state index contributed by atoms with van der Waals surface area (Å²) < 4.78 is 5.21. The molecule has 2 aromatic rings. The fraction of sp³-hybridized carbons (Fsp3) is 0.286. The average molecular weight is 244 g/mol. The molecule has 0 aliphatic carbocycles. The van der Waals surface area contributed by atoms with Crippen molar-refractivity contribution < 1.29 is 9.21 Å². The predicted molar refractivity (Wildman–Crippen MR) is 69.8 cm³/mol. The maximum Gasteiger partial charge on any atom is 0.293 e. The van der Waals surface area contributed by atoms with E-state index in [0.29, 0.717) is 5.89 Å². The van der Waals surface area contributed by atoms with Gasteiger partial charge >= 0.3 is 0 Å². The number of anilines is 1. The van der Waals surface area contributed by atoms with Gasteiger partial charge in [-0.05, 0) is 24.5 Å². The summed E-state index contributed by atoms with van der Waals surface area (Å²) in [6.07, 6.45) is 2.31. The Balaban J connectivity index is 2.26. The number of nitrogens with one attached hydrogen (secondary N) is 1. The smallest absolute Gasteiger partial charge is 0.293 e. The molecule has 18 heavy (non-hydrogen) atoms. The molecule has 4 nitrogen and oxygen atoms in total. The lowest BCUT2D eigenvalue weighted by molar-refractivity contribution is 0.0995. The standard InChI is InChI=1S/C14H16N2O2/c1-4-11-7-5-6-9(2)13(11)16-14(17)12-8-15-10(3)18-12/h5-8H,4H2,1-3H3,(H,16,17). The van der Waals surface area contributed by atoms with Gasteiger partial charge in [0.2, 0.25) is 5.76 Å². The number of aromatic nitrogens is 1. The number of para-hydroxylation sites is 1. The van der Waals surface area contributed by atoms with E-state index in [4.69, 9.17) is 4.42 Å². The Morgan fingerprint density at radius 2 is 2.17 bits per heavy atom. The first-order valence-electron chi connectivity index (χ1n) is 5.94. The van der Waals surface area contributed by atoms with Crippen LogP contribution >= 0.6 is 0 Å². The van der Waals surface area contributed by atoms with E-state index in [1.54, 1.807) is 6.92 Å². The number of nitrogens with zero attached hydrogens (tertiary/aromatic N) is 1. The minimum Gasteiger partial charge on any atom is -0.436 e. The molecule has 0 aliphatic heterocycles. The summed E-state index contributed by atoms with van der Waals surface area (Å²) in [5, 5.41) is 2.89. The van der Waals surface area contributed by atoms with Gasteiger partial charge in [0.15, 0.2) is 5.89 Å². The number of amides is 1. The first-order chi connectivity index (χ1) is 8.61. The average Bonchev–Trinajstić information content (AvgIpc) is 2.78. The van der Waals surface area contributed by atoms with Crippen molar-refractivity contribution in [3.8, 4) is 0 Å². The zero-order chi connectivity index (χ0) is 13.1. The number of hydrogen-bond donors (Lipinski definition) is 1. The van der Waals surface area contributed by atoms with Crippen molar-refractivity contribution in [2.24, 2.45) is 0 Å². The van der Waals surface area contributed by atoms with E-state index in [9.17, 15) is 4.79 Å². The van der Waals surface area contributed by atoms with Crippen LogP contribution in [0.15, 0.2) is 28.8 Å². The summed E-state index contributed by atoms with van der Waals surface area (Å²) in [5.41, 5.74) is 3.01. The van der Waals surface area contributed by atoms with E-state index in [1.165, 1.54) is 6.20 Å². The molecule has 0 aliphatic rings. The molecule has 1 N–H and O–H groups in total. The highest BCUT2D eigenvalue weighted by molar-refractivity contribution is 6.02. The number of oxazole rings is 1. The van der Waals surface area contributed by atoms with Crippen molar-refractivity contribution in [1.29, 1.82) is 0 Å². The Labute approximate surface area is 106 Å². The van der Waals surface area contributed by atoms with Gasteiger partial charge in [-0.1, -0.05) is 25.1 Å².